The molecule has 102 valence electrons. The van der Waals surface area contributed by atoms with Gasteiger partial charge in [-0.1, -0.05) is 29.8 Å². The van der Waals surface area contributed by atoms with E-state index in [1.807, 2.05) is 18.2 Å². The minimum atomic E-state index is 0.115. The Balaban J connectivity index is 1.60. The number of hydrogen-bond acceptors (Lipinski definition) is 4. The van der Waals surface area contributed by atoms with E-state index in [2.05, 4.69) is 21.4 Å². The van der Waals surface area contributed by atoms with Crippen molar-refractivity contribution in [2.75, 3.05) is 11.9 Å². The SMILES string of the molecule is Clc1cc(NC2COc3ccccc32)nc(C2CC2)n1. The van der Waals surface area contributed by atoms with Gasteiger partial charge in [-0.2, -0.15) is 0 Å². The fraction of sp³-hybridized carbons (Fsp3) is 0.333. The van der Waals surface area contributed by atoms with E-state index >= 15 is 0 Å². The molecule has 1 N–H and O–H groups in total. The maximum absolute atomic E-state index is 6.09. The molecule has 4 rings (SSSR count). The third-order valence-corrected chi connectivity index (χ3v) is 3.87. The molecule has 0 spiro atoms. The first-order chi connectivity index (χ1) is 9.79. The van der Waals surface area contributed by atoms with Crippen LogP contribution < -0.4 is 10.1 Å². The molecule has 0 radical (unpaired) electrons. The fourth-order valence-electron chi connectivity index (χ4n) is 2.49. The van der Waals surface area contributed by atoms with E-state index in [1.165, 1.54) is 0 Å². The molecule has 1 aromatic carbocycles. The topological polar surface area (TPSA) is 47.0 Å². The second-order valence-electron chi connectivity index (χ2n) is 5.25. The summed E-state index contributed by atoms with van der Waals surface area (Å²) in [5, 5.41) is 3.90. The molecule has 5 heteroatoms. The number of hydrogen-bond donors (Lipinski definition) is 1. The highest BCUT2D eigenvalue weighted by Crippen LogP contribution is 2.39. The molecule has 2 heterocycles. The Bertz CT molecular complexity index is 657. The minimum Gasteiger partial charge on any atom is -0.491 e. The molecule has 1 fully saturated rings. The van der Waals surface area contributed by atoms with Crippen LogP contribution in [-0.4, -0.2) is 16.6 Å². The molecule has 0 bridgehead atoms. The molecule has 2 aromatic rings. The number of benzene rings is 1. The van der Waals surface area contributed by atoms with Crippen LogP contribution in [0.15, 0.2) is 30.3 Å². The first-order valence-electron chi connectivity index (χ1n) is 6.82. The lowest BCUT2D eigenvalue weighted by atomic mass is 10.1. The van der Waals surface area contributed by atoms with Crippen molar-refractivity contribution in [2.24, 2.45) is 0 Å². The van der Waals surface area contributed by atoms with Crippen LogP contribution >= 0.6 is 11.6 Å². The average molecular weight is 288 g/mol. The lowest BCUT2D eigenvalue weighted by Gasteiger charge is -2.13. The van der Waals surface area contributed by atoms with E-state index in [1.54, 1.807) is 6.07 Å². The second-order valence-corrected chi connectivity index (χ2v) is 5.64. The van der Waals surface area contributed by atoms with Gasteiger partial charge in [0.15, 0.2) is 0 Å². The van der Waals surface area contributed by atoms with Crippen molar-refractivity contribution in [3.05, 3.63) is 46.9 Å². The summed E-state index contributed by atoms with van der Waals surface area (Å²) in [4.78, 5) is 8.87. The number of nitrogens with one attached hydrogen (secondary N) is 1. The van der Waals surface area contributed by atoms with Crippen molar-refractivity contribution < 1.29 is 4.74 Å². The molecular weight excluding hydrogens is 274 g/mol. The van der Waals surface area contributed by atoms with Gasteiger partial charge in [-0.3, -0.25) is 0 Å². The van der Waals surface area contributed by atoms with Gasteiger partial charge >= 0.3 is 0 Å². The zero-order valence-corrected chi connectivity index (χ0v) is 11.6. The molecule has 4 nitrogen and oxygen atoms in total. The Morgan fingerprint density at radius 2 is 2.05 bits per heavy atom. The smallest absolute Gasteiger partial charge is 0.135 e. The normalized spacial score (nSPS) is 20.4. The summed E-state index contributed by atoms with van der Waals surface area (Å²) in [5.41, 5.74) is 1.16. The Labute approximate surface area is 122 Å². The van der Waals surface area contributed by atoms with Crippen LogP contribution in [0.4, 0.5) is 5.82 Å². The van der Waals surface area contributed by atoms with E-state index in [9.17, 15) is 0 Å². The van der Waals surface area contributed by atoms with Crippen LogP contribution in [-0.2, 0) is 0 Å². The Kier molecular flexibility index (Phi) is 2.77. The van der Waals surface area contributed by atoms with E-state index in [-0.39, 0.29) is 6.04 Å². The Morgan fingerprint density at radius 1 is 1.20 bits per heavy atom. The third-order valence-electron chi connectivity index (χ3n) is 3.68. The van der Waals surface area contributed by atoms with Crippen molar-refractivity contribution in [3.63, 3.8) is 0 Å². The molecule has 0 saturated heterocycles. The molecule has 1 aliphatic carbocycles. The van der Waals surface area contributed by atoms with Gasteiger partial charge in [-0.15, -0.1) is 0 Å². The van der Waals surface area contributed by atoms with Gasteiger partial charge in [0.2, 0.25) is 0 Å². The largest absolute Gasteiger partial charge is 0.491 e. The maximum atomic E-state index is 6.09. The molecule has 1 aromatic heterocycles. The zero-order chi connectivity index (χ0) is 13.5. The lowest BCUT2D eigenvalue weighted by molar-refractivity contribution is 0.339. The van der Waals surface area contributed by atoms with Crippen molar-refractivity contribution in [3.8, 4) is 5.75 Å². The first kappa shape index (κ1) is 12.0. The summed E-state index contributed by atoms with van der Waals surface area (Å²) < 4.78 is 5.66. The predicted molar refractivity (Wildman–Crippen MR) is 77.3 cm³/mol. The van der Waals surface area contributed by atoms with Crippen LogP contribution in [0.5, 0.6) is 5.75 Å². The van der Waals surface area contributed by atoms with E-state index in [0.29, 0.717) is 17.7 Å². The highest BCUT2D eigenvalue weighted by molar-refractivity contribution is 6.29. The molecule has 1 aliphatic heterocycles. The zero-order valence-electron chi connectivity index (χ0n) is 10.8. The number of ether oxygens (including phenoxy) is 1. The van der Waals surface area contributed by atoms with Gasteiger partial charge in [-0.05, 0) is 18.9 Å². The molecule has 1 saturated carbocycles. The highest BCUT2D eigenvalue weighted by Gasteiger charge is 2.28. The predicted octanol–water partition coefficient (Wildman–Crippen LogP) is 3.55. The van der Waals surface area contributed by atoms with Crippen LogP contribution in [0, 0.1) is 0 Å². The van der Waals surface area contributed by atoms with Gasteiger partial charge in [0.25, 0.3) is 0 Å². The summed E-state index contributed by atoms with van der Waals surface area (Å²) in [6.07, 6.45) is 2.32. The second kappa shape index (κ2) is 4.63. The minimum absolute atomic E-state index is 0.115. The molecule has 2 aliphatic rings. The van der Waals surface area contributed by atoms with Crippen LogP contribution in [0.25, 0.3) is 0 Å². The van der Waals surface area contributed by atoms with E-state index < -0.39 is 0 Å². The van der Waals surface area contributed by atoms with Gasteiger partial charge in [0.1, 0.15) is 29.2 Å². The van der Waals surface area contributed by atoms with Crippen LogP contribution in [0.1, 0.15) is 36.2 Å². The Hall–Kier alpha value is -1.81. The molecule has 20 heavy (non-hydrogen) atoms. The van der Waals surface area contributed by atoms with E-state index in [0.717, 1.165) is 35.8 Å². The lowest BCUT2D eigenvalue weighted by Crippen LogP contribution is -2.13. The summed E-state index contributed by atoms with van der Waals surface area (Å²) in [7, 11) is 0. The number of para-hydroxylation sites is 1. The molecular formula is C15H14ClN3O. The average Bonchev–Trinajstić information content (AvgIpc) is 3.22. The van der Waals surface area contributed by atoms with Gasteiger partial charge in [-0.25, -0.2) is 9.97 Å². The molecule has 1 atom stereocenters. The highest BCUT2D eigenvalue weighted by atomic mass is 35.5. The Morgan fingerprint density at radius 3 is 2.90 bits per heavy atom. The summed E-state index contributed by atoms with van der Waals surface area (Å²) in [6.45, 7) is 0.611. The number of fused-ring (bicyclic) bond motifs is 1. The van der Waals surface area contributed by atoms with E-state index in [4.69, 9.17) is 16.3 Å². The summed E-state index contributed by atoms with van der Waals surface area (Å²) >= 11 is 6.09. The number of nitrogens with zero attached hydrogens (tertiary/aromatic N) is 2. The van der Waals surface area contributed by atoms with Crippen LogP contribution in [0.2, 0.25) is 5.15 Å². The first-order valence-corrected chi connectivity index (χ1v) is 7.20. The standard InChI is InChI=1S/C15H14ClN3O/c16-13-7-14(19-15(18-13)9-5-6-9)17-11-8-20-12-4-2-1-3-10(11)12/h1-4,7,9,11H,5-6,8H2,(H,17,18,19). The van der Waals surface area contributed by atoms with Gasteiger partial charge < -0.3 is 10.1 Å². The maximum Gasteiger partial charge on any atom is 0.135 e. The summed E-state index contributed by atoms with van der Waals surface area (Å²) in [5.74, 6) is 3.05. The monoisotopic (exact) mass is 287 g/mol. The number of aromatic nitrogens is 2. The van der Waals surface area contributed by atoms with Gasteiger partial charge in [0.05, 0.1) is 6.04 Å². The number of anilines is 1. The van der Waals surface area contributed by atoms with Crippen LogP contribution in [0.3, 0.4) is 0 Å². The molecule has 1 unspecified atom stereocenters. The van der Waals surface area contributed by atoms with Crippen molar-refractivity contribution in [1.82, 2.24) is 9.97 Å². The number of rotatable bonds is 3. The molecule has 0 amide bonds. The van der Waals surface area contributed by atoms with Crippen molar-refractivity contribution >= 4 is 17.4 Å². The third kappa shape index (κ3) is 2.20. The van der Waals surface area contributed by atoms with Gasteiger partial charge in [0, 0.05) is 17.5 Å². The van der Waals surface area contributed by atoms with Crippen molar-refractivity contribution in [2.45, 2.75) is 24.8 Å². The fourth-order valence-corrected chi connectivity index (χ4v) is 2.68. The van der Waals surface area contributed by atoms with Crippen molar-refractivity contribution in [1.29, 1.82) is 0 Å². The number of halogens is 1. The summed E-state index contributed by atoms with van der Waals surface area (Å²) in [6, 6.07) is 9.95. The quantitative estimate of drug-likeness (QED) is 0.877.